The molecule has 6 heteroatoms. The molecule has 22 heavy (non-hydrogen) atoms. The molecule has 0 aromatic heterocycles. The van der Waals surface area contributed by atoms with E-state index in [2.05, 4.69) is 46.3 Å². The summed E-state index contributed by atoms with van der Waals surface area (Å²) in [7, 11) is 0. The molecule has 1 N–H and O–H groups in total. The molecule has 2 heterocycles. The highest BCUT2D eigenvalue weighted by molar-refractivity contribution is 5.96. The standard InChI is InChI=1S/C16H22N4O2/c1-13-4-2-3-5-14(13)19-10-8-18(9-11-19)12-15(21)20-7-6-17-16(20)22/h2-5H,6-12H2,1H3,(H,17,22). The number of carbonyl (C=O) groups excluding carboxylic acids is 2. The number of hydrogen-bond acceptors (Lipinski definition) is 4. The molecule has 3 amide bonds. The number of nitrogens with one attached hydrogen (secondary N) is 1. The fourth-order valence-electron chi connectivity index (χ4n) is 3.05. The van der Waals surface area contributed by atoms with Crippen LogP contribution in [-0.2, 0) is 4.79 Å². The quantitative estimate of drug-likeness (QED) is 0.891. The van der Waals surface area contributed by atoms with Crippen LogP contribution in [0, 0.1) is 6.92 Å². The van der Waals surface area contributed by atoms with Crippen molar-refractivity contribution >= 4 is 17.6 Å². The zero-order valence-corrected chi connectivity index (χ0v) is 12.9. The molecule has 2 saturated heterocycles. The Kier molecular flexibility index (Phi) is 4.29. The molecule has 0 atom stereocenters. The number of amides is 3. The molecule has 0 saturated carbocycles. The summed E-state index contributed by atoms with van der Waals surface area (Å²) in [6.45, 7) is 7.00. The third-order valence-electron chi connectivity index (χ3n) is 4.35. The first-order valence-corrected chi connectivity index (χ1v) is 7.76. The molecule has 6 nitrogen and oxygen atoms in total. The summed E-state index contributed by atoms with van der Waals surface area (Å²) in [5, 5.41) is 2.66. The van der Waals surface area contributed by atoms with Gasteiger partial charge in [0, 0.05) is 45.0 Å². The molecule has 2 fully saturated rings. The molecular formula is C16H22N4O2. The number of rotatable bonds is 3. The third kappa shape index (κ3) is 3.06. The average Bonchev–Trinajstić information content (AvgIpc) is 2.95. The van der Waals surface area contributed by atoms with Crippen molar-refractivity contribution in [3.05, 3.63) is 29.8 Å². The van der Waals surface area contributed by atoms with E-state index in [4.69, 9.17) is 0 Å². The highest BCUT2D eigenvalue weighted by Crippen LogP contribution is 2.20. The van der Waals surface area contributed by atoms with E-state index in [1.54, 1.807) is 0 Å². The van der Waals surface area contributed by atoms with Crippen LogP contribution < -0.4 is 10.2 Å². The van der Waals surface area contributed by atoms with Crippen LogP contribution in [0.5, 0.6) is 0 Å². The first-order valence-electron chi connectivity index (χ1n) is 7.76. The summed E-state index contributed by atoms with van der Waals surface area (Å²) in [6, 6.07) is 8.12. The lowest BCUT2D eigenvalue weighted by molar-refractivity contribution is -0.128. The van der Waals surface area contributed by atoms with Crippen LogP contribution in [0.2, 0.25) is 0 Å². The molecule has 118 valence electrons. The Bertz CT molecular complexity index is 567. The highest BCUT2D eigenvalue weighted by atomic mass is 16.2. The van der Waals surface area contributed by atoms with Crippen molar-refractivity contribution in [2.45, 2.75) is 6.92 Å². The maximum atomic E-state index is 12.1. The summed E-state index contributed by atoms with van der Waals surface area (Å²) < 4.78 is 0. The van der Waals surface area contributed by atoms with E-state index >= 15 is 0 Å². The second-order valence-electron chi connectivity index (χ2n) is 5.83. The highest BCUT2D eigenvalue weighted by Gasteiger charge is 2.28. The Morgan fingerprint density at radius 2 is 1.86 bits per heavy atom. The van der Waals surface area contributed by atoms with Crippen LogP contribution in [0.15, 0.2) is 24.3 Å². The van der Waals surface area contributed by atoms with E-state index in [0.29, 0.717) is 19.6 Å². The number of anilines is 1. The van der Waals surface area contributed by atoms with Gasteiger partial charge in [0.15, 0.2) is 0 Å². The molecule has 0 aliphatic carbocycles. The van der Waals surface area contributed by atoms with Crippen molar-refractivity contribution in [3.63, 3.8) is 0 Å². The molecule has 2 aliphatic rings. The number of carbonyl (C=O) groups is 2. The number of nitrogens with zero attached hydrogens (tertiary/aromatic N) is 3. The fraction of sp³-hybridized carbons (Fsp3) is 0.500. The minimum Gasteiger partial charge on any atom is -0.369 e. The fourth-order valence-corrected chi connectivity index (χ4v) is 3.05. The number of piperazine rings is 1. The van der Waals surface area contributed by atoms with Gasteiger partial charge in [-0.15, -0.1) is 0 Å². The van der Waals surface area contributed by atoms with E-state index in [-0.39, 0.29) is 11.9 Å². The number of hydrogen-bond donors (Lipinski definition) is 1. The lowest BCUT2D eigenvalue weighted by atomic mass is 10.1. The van der Waals surface area contributed by atoms with Crippen molar-refractivity contribution in [1.29, 1.82) is 0 Å². The third-order valence-corrected chi connectivity index (χ3v) is 4.35. The van der Waals surface area contributed by atoms with Gasteiger partial charge in [-0.2, -0.15) is 0 Å². The van der Waals surface area contributed by atoms with Crippen LogP contribution in [-0.4, -0.2) is 67.6 Å². The predicted molar refractivity (Wildman–Crippen MR) is 84.9 cm³/mol. The number of imide groups is 1. The zero-order valence-electron chi connectivity index (χ0n) is 12.9. The number of para-hydroxylation sites is 1. The van der Waals surface area contributed by atoms with Crippen molar-refractivity contribution < 1.29 is 9.59 Å². The van der Waals surface area contributed by atoms with Gasteiger partial charge in [0.1, 0.15) is 0 Å². The minimum atomic E-state index is -0.261. The van der Waals surface area contributed by atoms with Gasteiger partial charge in [-0.3, -0.25) is 14.6 Å². The molecule has 0 bridgehead atoms. The maximum absolute atomic E-state index is 12.1. The Hall–Kier alpha value is -2.08. The van der Waals surface area contributed by atoms with Gasteiger partial charge in [-0.05, 0) is 18.6 Å². The molecule has 0 spiro atoms. The Labute approximate surface area is 130 Å². The summed E-state index contributed by atoms with van der Waals surface area (Å²) in [5.74, 6) is -0.0978. The lowest BCUT2D eigenvalue weighted by Crippen LogP contribution is -2.50. The summed E-state index contributed by atoms with van der Waals surface area (Å²) in [4.78, 5) is 29.4. The molecule has 2 aliphatic heterocycles. The van der Waals surface area contributed by atoms with Gasteiger partial charge in [0.25, 0.3) is 0 Å². The van der Waals surface area contributed by atoms with Crippen molar-refractivity contribution in [2.75, 3.05) is 50.7 Å². The van der Waals surface area contributed by atoms with Gasteiger partial charge in [-0.1, -0.05) is 18.2 Å². The summed E-state index contributed by atoms with van der Waals surface area (Å²) in [6.07, 6.45) is 0. The van der Waals surface area contributed by atoms with E-state index in [0.717, 1.165) is 26.2 Å². The molecule has 3 rings (SSSR count). The number of aryl methyl sites for hydroxylation is 1. The van der Waals surface area contributed by atoms with Gasteiger partial charge in [-0.25, -0.2) is 4.79 Å². The van der Waals surface area contributed by atoms with Crippen LogP contribution in [0.1, 0.15) is 5.56 Å². The summed E-state index contributed by atoms with van der Waals surface area (Å²) >= 11 is 0. The van der Waals surface area contributed by atoms with Crippen LogP contribution in [0.3, 0.4) is 0 Å². The van der Waals surface area contributed by atoms with E-state index < -0.39 is 0 Å². The molecule has 0 unspecified atom stereocenters. The van der Waals surface area contributed by atoms with Gasteiger partial charge in [0.2, 0.25) is 5.91 Å². The smallest absolute Gasteiger partial charge is 0.324 e. The topological polar surface area (TPSA) is 55.9 Å². The van der Waals surface area contributed by atoms with Crippen LogP contribution in [0.4, 0.5) is 10.5 Å². The van der Waals surface area contributed by atoms with E-state index in [1.807, 2.05) is 0 Å². The van der Waals surface area contributed by atoms with Crippen molar-refractivity contribution in [2.24, 2.45) is 0 Å². The van der Waals surface area contributed by atoms with Crippen molar-refractivity contribution in [3.8, 4) is 0 Å². The zero-order chi connectivity index (χ0) is 15.5. The number of urea groups is 1. The maximum Gasteiger partial charge on any atom is 0.324 e. The van der Waals surface area contributed by atoms with Gasteiger partial charge in [0.05, 0.1) is 6.54 Å². The second kappa shape index (κ2) is 6.36. The summed E-state index contributed by atoms with van der Waals surface area (Å²) in [5.41, 5.74) is 2.55. The Morgan fingerprint density at radius 3 is 2.50 bits per heavy atom. The van der Waals surface area contributed by atoms with Gasteiger partial charge < -0.3 is 10.2 Å². The second-order valence-corrected chi connectivity index (χ2v) is 5.83. The largest absolute Gasteiger partial charge is 0.369 e. The average molecular weight is 302 g/mol. The van der Waals surface area contributed by atoms with Gasteiger partial charge >= 0.3 is 6.03 Å². The van der Waals surface area contributed by atoms with Crippen LogP contribution >= 0.6 is 0 Å². The molecule has 1 aromatic carbocycles. The lowest BCUT2D eigenvalue weighted by Gasteiger charge is -2.36. The van der Waals surface area contributed by atoms with E-state index in [9.17, 15) is 9.59 Å². The van der Waals surface area contributed by atoms with Crippen LogP contribution in [0.25, 0.3) is 0 Å². The minimum absolute atomic E-state index is 0.0978. The Morgan fingerprint density at radius 1 is 1.14 bits per heavy atom. The first-order chi connectivity index (χ1) is 10.6. The number of benzene rings is 1. The molecule has 1 aromatic rings. The molecule has 0 radical (unpaired) electrons. The predicted octanol–water partition coefficient (Wildman–Crippen LogP) is 0.669. The van der Waals surface area contributed by atoms with Crippen molar-refractivity contribution in [1.82, 2.24) is 15.1 Å². The SMILES string of the molecule is Cc1ccccc1N1CCN(CC(=O)N2CCNC2=O)CC1. The molecular weight excluding hydrogens is 280 g/mol. The van der Waals surface area contributed by atoms with E-state index in [1.165, 1.54) is 16.2 Å². The first kappa shape index (κ1) is 14.8. The monoisotopic (exact) mass is 302 g/mol. The normalized spacial score (nSPS) is 19.4. The Balaban J connectivity index is 1.53.